The number of hydrogen-bond donors (Lipinski definition) is 1. The minimum absolute atomic E-state index is 0.0320. The monoisotopic (exact) mass is 397 g/mol. The highest BCUT2D eigenvalue weighted by Crippen LogP contribution is 2.40. The lowest BCUT2D eigenvalue weighted by atomic mass is 9.95. The number of hydrogen-bond acceptors (Lipinski definition) is 6. The molecule has 0 aromatic heterocycles. The molecule has 0 saturated carbocycles. The SMILES string of the molecule is COCCN1C(=O)C(=O)C(=C(O)c2ccc(OC)cc2)[C@H]1c1cccc(OC)c1. The highest BCUT2D eigenvalue weighted by atomic mass is 16.5. The molecule has 1 aliphatic rings. The van der Waals surface area contributed by atoms with Crippen LogP contribution in [0.2, 0.25) is 0 Å². The van der Waals surface area contributed by atoms with Crippen LogP contribution in [-0.4, -0.2) is 56.2 Å². The lowest BCUT2D eigenvalue weighted by Gasteiger charge is -2.25. The third kappa shape index (κ3) is 3.95. The number of carbonyl (C=O) groups is 2. The van der Waals surface area contributed by atoms with E-state index in [0.717, 1.165) is 0 Å². The molecule has 7 nitrogen and oxygen atoms in total. The van der Waals surface area contributed by atoms with Gasteiger partial charge in [-0.2, -0.15) is 0 Å². The summed E-state index contributed by atoms with van der Waals surface area (Å²) in [5.74, 6) is -0.443. The van der Waals surface area contributed by atoms with E-state index in [4.69, 9.17) is 14.2 Å². The molecule has 1 aliphatic heterocycles. The van der Waals surface area contributed by atoms with Crippen LogP contribution in [0.3, 0.4) is 0 Å². The predicted octanol–water partition coefficient (Wildman–Crippen LogP) is 2.77. The van der Waals surface area contributed by atoms with Gasteiger partial charge < -0.3 is 24.2 Å². The largest absolute Gasteiger partial charge is 0.507 e. The first-order chi connectivity index (χ1) is 14.0. The van der Waals surface area contributed by atoms with Crippen LogP contribution in [0.15, 0.2) is 54.1 Å². The van der Waals surface area contributed by atoms with E-state index in [2.05, 4.69) is 0 Å². The second-order valence-electron chi connectivity index (χ2n) is 6.49. The van der Waals surface area contributed by atoms with Gasteiger partial charge in [-0.15, -0.1) is 0 Å². The second kappa shape index (κ2) is 8.79. The summed E-state index contributed by atoms with van der Waals surface area (Å²) in [5.41, 5.74) is 1.11. The van der Waals surface area contributed by atoms with Crippen molar-refractivity contribution in [3.8, 4) is 11.5 Å². The summed E-state index contributed by atoms with van der Waals surface area (Å²) in [6.07, 6.45) is 0. The van der Waals surface area contributed by atoms with Crippen LogP contribution < -0.4 is 9.47 Å². The number of Topliss-reactive ketones (excluding diaryl/α,β-unsaturated/α-hetero) is 1. The van der Waals surface area contributed by atoms with E-state index in [1.54, 1.807) is 62.8 Å². The number of ether oxygens (including phenoxy) is 3. The molecule has 152 valence electrons. The molecule has 0 bridgehead atoms. The van der Waals surface area contributed by atoms with Crippen molar-refractivity contribution in [2.75, 3.05) is 34.5 Å². The predicted molar refractivity (Wildman–Crippen MR) is 107 cm³/mol. The maximum Gasteiger partial charge on any atom is 0.295 e. The van der Waals surface area contributed by atoms with Gasteiger partial charge >= 0.3 is 0 Å². The van der Waals surface area contributed by atoms with Gasteiger partial charge in [0.1, 0.15) is 17.3 Å². The molecule has 1 heterocycles. The Morgan fingerprint density at radius 3 is 2.31 bits per heavy atom. The van der Waals surface area contributed by atoms with Crippen molar-refractivity contribution in [3.05, 3.63) is 65.2 Å². The number of amides is 1. The molecule has 0 unspecified atom stereocenters. The van der Waals surface area contributed by atoms with Gasteiger partial charge in [0.05, 0.1) is 32.4 Å². The first-order valence-corrected chi connectivity index (χ1v) is 9.07. The number of aliphatic hydroxyl groups excluding tert-OH is 1. The molecule has 1 atom stereocenters. The Morgan fingerprint density at radius 1 is 1.00 bits per heavy atom. The van der Waals surface area contributed by atoms with E-state index < -0.39 is 17.7 Å². The zero-order chi connectivity index (χ0) is 21.0. The zero-order valence-corrected chi connectivity index (χ0v) is 16.5. The maximum absolute atomic E-state index is 12.8. The number of nitrogens with zero attached hydrogens (tertiary/aromatic N) is 1. The number of likely N-dealkylation sites (tertiary alicyclic amines) is 1. The van der Waals surface area contributed by atoms with Gasteiger partial charge in [-0.25, -0.2) is 0 Å². The van der Waals surface area contributed by atoms with E-state index in [0.29, 0.717) is 22.6 Å². The van der Waals surface area contributed by atoms with Crippen LogP contribution in [-0.2, 0) is 14.3 Å². The molecule has 2 aromatic carbocycles. The summed E-state index contributed by atoms with van der Waals surface area (Å²) in [5, 5.41) is 11.0. The van der Waals surface area contributed by atoms with Gasteiger partial charge in [-0.1, -0.05) is 12.1 Å². The smallest absolute Gasteiger partial charge is 0.295 e. The van der Waals surface area contributed by atoms with Crippen LogP contribution in [0.5, 0.6) is 11.5 Å². The number of methoxy groups -OCH3 is 3. The van der Waals surface area contributed by atoms with Gasteiger partial charge in [0.2, 0.25) is 0 Å². The zero-order valence-electron chi connectivity index (χ0n) is 16.5. The fourth-order valence-electron chi connectivity index (χ4n) is 3.36. The molecule has 1 saturated heterocycles. The number of aliphatic hydroxyl groups is 1. The van der Waals surface area contributed by atoms with Crippen LogP contribution in [0, 0.1) is 0 Å². The summed E-state index contributed by atoms with van der Waals surface area (Å²) in [6, 6.07) is 13.0. The summed E-state index contributed by atoms with van der Waals surface area (Å²) in [7, 11) is 4.60. The van der Waals surface area contributed by atoms with Gasteiger partial charge in [-0.05, 0) is 42.0 Å². The van der Waals surface area contributed by atoms with Crippen molar-refractivity contribution < 1.29 is 28.9 Å². The molecule has 0 spiro atoms. The average Bonchev–Trinajstić information content (AvgIpc) is 3.02. The second-order valence-corrected chi connectivity index (χ2v) is 6.49. The van der Waals surface area contributed by atoms with Crippen molar-refractivity contribution >= 4 is 17.4 Å². The molecule has 1 N–H and O–H groups in total. The minimum Gasteiger partial charge on any atom is -0.507 e. The Bertz CT molecular complexity index is 935. The van der Waals surface area contributed by atoms with Crippen LogP contribution in [0.1, 0.15) is 17.2 Å². The molecule has 0 radical (unpaired) electrons. The van der Waals surface area contributed by atoms with Gasteiger partial charge in [-0.3, -0.25) is 9.59 Å². The van der Waals surface area contributed by atoms with Gasteiger partial charge in [0, 0.05) is 19.2 Å². The number of benzene rings is 2. The molecule has 3 rings (SSSR count). The van der Waals surface area contributed by atoms with Crippen molar-refractivity contribution in [2.45, 2.75) is 6.04 Å². The molecule has 0 aliphatic carbocycles. The normalized spacial score (nSPS) is 18.2. The van der Waals surface area contributed by atoms with E-state index in [9.17, 15) is 14.7 Å². The number of ketones is 1. The van der Waals surface area contributed by atoms with Gasteiger partial charge in [0.15, 0.2) is 0 Å². The Morgan fingerprint density at radius 2 is 1.69 bits per heavy atom. The van der Waals surface area contributed by atoms with Crippen molar-refractivity contribution in [3.63, 3.8) is 0 Å². The molecule has 2 aromatic rings. The molecule has 29 heavy (non-hydrogen) atoms. The first-order valence-electron chi connectivity index (χ1n) is 9.07. The van der Waals surface area contributed by atoms with E-state index >= 15 is 0 Å². The molecule has 1 amide bonds. The lowest BCUT2D eigenvalue weighted by molar-refractivity contribution is -0.140. The number of carbonyl (C=O) groups excluding carboxylic acids is 2. The van der Waals surface area contributed by atoms with E-state index in [-0.39, 0.29) is 24.5 Å². The third-order valence-corrected chi connectivity index (χ3v) is 4.85. The van der Waals surface area contributed by atoms with Crippen molar-refractivity contribution in [2.24, 2.45) is 0 Å². The Hall–Kier alpha value is -3.32. The maximum atomic E-state index is 12.8. The molecule has 7 heteroatoms. The van der Waals surface area contributed by atoms with Crippen LogP contribution >= 0.6 is 0 Å². The fraction of sp³-hybridized carbons (Fsp3) is 0.273. The minimum atomic E-state index is -0.748. The highest BCUT2D eigenvalue weighted by Gasteiger charge is 2.45. The summed E-state index contributed by atoms with van der Waals surface area (Å²) in [4.78, 5) is 27.0. The Balaban J connectivity index is 2.14. The van der Waals surface area contributed by atoms with E-state index in [1.165, 1.54) is 12.0 Å². The summed E-state index contributed by atoms with van der Waals surface area (Å²) < 4.78 is 15.5. The van der Waals surface area contributed by atoms with Crippen LogP contribution in [0.25, 0.3) is 5.76 Å². The van der Waals surface area contributed by atoms with Gasteiger partial charge in [0.25, 0.3) is 11.7 Å². The standard InChI is InChI=1S/C22H23NO6/c1-27-12-11-23-19(15-5-4-6-17(13-15)29-3)18(21(25)22(23)26)20(24)14-7-9-16(28-2)10-8-14/h4-10,13,19,24H,11-12H2,1-3H3/t19-/m1/s1. The van der Waals surface area contributed by atoms with Crippen molar-refractivity contribution in [1.29, 1.82) is 0 Å². The quantitative estimate of drug-likeness (QED) is 0.439. The van der Waals surface area contributed by atoms with Crippen LogP contribution in [0.4, 0.5) is 0 Å². The lowest BCUT2D eigenvalue weighted by Crippen LogP contribution is -2.32. The first kappa shape index (κ1) is 20.4. The molecule has 1 fully saturated rings. The third-order valence-electron chi connectivity index (χ3n) is 4.85. The van der Waals surface area contributed by atoms with E-state index in [1.807, 2.05) is 0 Å². The highest BCUT2D eigenvalue weighted by molar-refractivity contribution is 6.46. The summed E-state index contributed by atoms with van der Waals surface area (Å²) in [6.45, 7) is 0.471. The van der Waals surface area contributed by atoms with Crippen molar-refractivity contribution in [1.82, 2.24) is 4.90 Å². The topological polar surface area (TPSA) is 85.3 Å². The summed E-state index contributed by atoms with van der Waals surface area (Å²) >= 11 is 0. The average molecular weight is 397 g/mol. The fourth-order valence-corrected chi connectivity index (χ4v) is 3.36. The number of rotatable bonds is 7. The Labute approximate surface area is 169 Å². The molecular formula is C22H23NO6. The molecular weight excluding hydrogens is 374 g/mol. The Kier molecular flexibility index (Phi) is 6.19.